The first-order valence-corrected chi connectivity index (χ1v) is 11.4. The fourth-order valence-electron chi connectivity index (χ4n) is 3.75. The van der Waals surface area contributed by atoms with Gasteiger partial charge in [-0.1, -0.05) is 26.0 Å². The average molecular weight is 460 g/mol. The number of fused-ring (bicyclic) bond motifs is 1. The van der Waals surface area contributed by atoms with Crippen LogP contribution < -0.4 is 10.6 Å². The van der Waals surface area contributed by atoms with Gasteiger partial charge < -0.3 is 15.1 Å². The summed E-state index contributed by atoms with van der Waals surface area (Å²) < 4.78 is 7.31. The number of benzene rings is 1. The third-order valence-corrected chi connectivity index (χ3v) is 5.33. The summed E-state index contributed by atoms with van der Waals surface area (Å²) in [6.45, 7) is 8.35. The van der Waals surface area contributed by atoms with E-state index in [9.17, 15) is 9.59 Å². The van der Waals surface area contributed by atoms with Gasteiger partial charge in [0.25, 0.3) is 5.91 Å². The van der Waals surface area contributed by atoms with Crippen LogP contribution >= 0.6 is 0 Å². The average Bonchev–Trinajstić information content (AvgIpc) is 3.46. The number of carbonyl (C=O) groups is 2. The second kappa shape index (κ2) is 9.91. The Morgan fingerprint density at radius 3 is 2.62 bits per heavy atom. The Morgan fingerprint density at radius 1 is 1.09 bits per heavy atom. The molecule has 0 fully saturated rings. The summed E-state index contributed by atoms with van der Waals surface area (Å²) in [7, 11) is 0. The maximum Gasteiger partial charge on any atom is 0.252 e. The van der Waals surface area contributed by atoms with E-state index in [1.807, 2.05) is 58.0 Å². The molecule has 0 atom stereocenters. The van der Waals surface area contributed by atoms with Crippen LogP contribution in [0.25, 0.3) is 22.5 Å². The number of pyridine rings is 1. The lowest BCUT2D eigenvalue weighted by atomic mass is 10.1. The van der Waals surface area contributed by atoms with Gasteiger partial charge in [-0.3, -0.25) is 9.59 Å². The predicted molar refractivity (Wildman–Crippen MR) is 131 cm³/mol. The molecule has 0 aliphatic heterocycles. The van der Waals surface area contributed by atoms with Crippen molar-refractivity contribution in [3.63, 3.8) is 0 Å². The summed E-state index contributed by atoms with van der Waals surface area (Å²) in [4.78, 5) is 30.0. The van der Waals surface area contributed by atoms with E-state index in [1.165, 1.54) is 0 Å². The van der Waals surface area contributed by atoms with Crippen molar-refractivity contribution >= 4 is 28.5 Å². The molecule has 8 heteroatoms. The van der Waals surface area contributed by atoms with Gasteiger partial charge in [0.2, 0.25) is 5.91 Å². The molecule has 0 aliphatic rings. The smallest absolute Gasteiger partial charge is 0.252 e. The third-order valence-electron chi connectivity index (χ3n) is 5.33. The summed E-state index contributed by atoms with van der Waals surface area (Å²) in [6.07, 6.45) is 3.71. The molecule has 0 bridgehead atoms. The van der Waals surface area contributed by atoms with Gasteiger partial charge in [0.1, 0.15) is 5.69 Å². The van der Waals surface area contributed by atoms with Gasteiger partial charge >= 0.3 is 0 Å². The van der Waals surface area contributed by atoms with Crippen LogP contribution in [0.3, 0.4) is 0 Å². The number of nitrogens with one attached hydrogen (secondary N) is 2. The van der Waals surface area contributed by atoms with Crippen LogP contribution in [-0.2, 0) is 11.3 Å². The number of rotatable bonds is 8. The Balaban J connectivity index is 1.57. The quantitative estimate of drug-likeness (QED) is 0.378. The topological polar surface area (TPSA) is 102 Å². The van der Waals surface area contributed by atoms with Gasteiger partial charge in [0.05, 0.1) is 23.4 Å². The Hall–Kier alpha value is -3.94. The van der Waals surface area contributed by atoms with E-state index in [0.29, 0.717) is 46.7 Å². The van der Waals surface area contributed by atoms with E-state index in [0.717, 1.165) is 5.56 Å². The molecule has 0 radical (unpaired) electrons. The highest BCUT2D eigenvalue weighted by Gasteiger charge is 2.19. The number of nitrogens with zero attached hydrogens (tertiary/aromatic N) is 3. The molecule has 0 saturated heterocycles. The lowest BCUT2D eigenvalue weighted by Crippen LogP contribution is -2.23. The van der Waals surface area contributed by atoms with Crippen molar-refractivity contribution in [1.82, 2.24) is 20.1 Å². The molecule has 0 unspecified atom stereocenters. The van der Waals surface area contributed by atoms with Crippen molar-refractivity contribution in [3.05, 3.63) is 66.1 Å². The van der Waals surface area contributed by atoms with Crippen molar-refractivity contribution in [1.29, 1.82) is 0 Å². The minimum Gasteiger partial charge on any atom is -0.463 e. The van der Waals surface area contributed by atoms with Crippen LogP contribution in [0.5, 0.6) is 0 Å². The van der Waals surface area contributed by atoms with Crippen LogP contribution in [0, 0.1) is 5.92 Å². The minimum absolute atomic E-state index is 0.0250. The zero-order chi connectivity index (χ0) is 24.2. The minimum atomic E-state index is -0.238. The number of anilines is 1. The molecule has 3 heterocycles. The highest BCUT2D eigenvalue weighted by atomic mass is 16.3. The Bertz CT molecular complexity index is 1310. The Kier molecular flexibility index (Phi) is 6.77. The first-order valence-electron chi connectivity index (χ1n) is 11.4. The largest absolute Gasteiger partial charge is 0.463 e. The number of aromatic nitrogens is 3. The Labute approximate surface area is 198 Å². The van der Waals surface area contributed by atoms with Gasteiger partial charge in [0, 0.05) is 24.7 Å². The summed E-state index contributed by atoms with van der Waals surface area (Å²) in [5.74, 6) is 0.601. The molecule has 4 rings (SSSR count). The SMILES string of the molecule is CC(C)CC(=O)Nc1cccc(CNC(=O)c2cc(-c3ccco3)nc3c2cnn3C(C)C)c1. The molecule has 0 spiro atoms. The summed E-state index contributed by atoms with van der Waals surface area (Å²) in [6, 6.07) is 12.9. The molecular formula is C26H29N5O3. The summed E-state index contributed by atoms with van der Waals surface area (Å²) in [5, 5.41) is 11.0. The van der Waals surface area contributed by atoms with Crippen molar-refractivity contribution < 1.29 is 14.0 Å². The van der Waals surface area contributed by atoms with E-state index in [-0.39, 0.29) is 23.8 Å². The van der Waals surface area contributed by atoms with Crippen molar-refractivity contribution in [3.8, 4) is 11.5 Å². The molecule has 176 valence electrons. The van der Waals surface area contributed by atoms with Crippen molar-refractivity contribution in [2.24, 2.45) is 5.92 Å². The van der Waals surface area contributed by atoms with E-state index < -0.39 is 0 Å². The van der Waals surface area contributed by atoms with Gasteiger partial charge in [-0.25, -0.2) is 9.67 Å². The molecule has 34 heavy (non-hydrogen) atoms. The fraction of sp³-hybridized carbons (Fsp3) is 0.308. The normalized spacial score (nSPS) is 11.4. The van der Waals surface area contributed by atoms with E-state index >= 15 is 0 Å². The second-order valence-electron chi connectivity index (χ2n) is 8.98. The van der Waals surface area contributed by atoms with Crippen LogP contribution in [0.1, 0.15) is 56.1 Å². The van der Waals surface area contributed by atoms with Crippen LogP contribution in [0.15, 0.2) is 59.3 Å². The predicted octanol–water partition coefficient (Wildman–Crippen LogP) is 5.19. The highest BCUT2D eigenvalue weighted by molar-refractivity contribution is 6.06. The molecule has 4 aromatic rings. The van der Waals surface area contributed by atoms with Crippen LogP contribution in [0.4, 0.5) is 5.69 Å². The van der Waals surface area contributed by atoms with Gasteiger partial charge in [0.15, 0.2) is 11.4 Å². The number of carbonyl (C=O) groups excluding carboxylic acids is 2. The highest BCUT2D eigenvalue weighted by Crippen LogP contribution is 2.26. The third kappa shape index (κ3) is 5.17. The maximum absolute atomic E-state index is 13.2. The molecule has 2 amide bonds. The Morgan fingerprint density at radius 2 is 1.91 bits per heavy atom. The zero-order valence-electron chi connectivity index (χ0n) is 19.8. The molecule has 2 N–H and O–H groups in total. The van der Waals surface area contributed by atoms with E-state index in [1.54, 1.807) is 29.3 Å². The number of hydrogen-bond donors (Lipinski definition) is 2. The molecule has 0 aliphatic carbocycles. The number of amides is 2. The van der Waals surface area contributed by atoms with Crippen molar-refractivity contribution in [2.75, 3.05) is 5.32 Å². The first-order chi connectivity index (χ1) is 16.3. The molecule has 1 aromatic carbocycles. The summed E-state index contributed by atoms with van der Waals surface area (Å²) >= 11 is 0. The molecule has 0 saturated carbocycles. The van der Waals surface area contributed by atoms with Crippen molar-refractivity contribution in [2.45, 2.75) is 46.7 Å². The van der Waals surface area contributed by atoms with Gasteiger partial charge in [-0.05, 0) is 55.7 Å². The fourth-order valence-corrected chi connectivity index (χ4v) is 3.75. The molecule has 3 aromatic heterocycles. The zero-order valence-corrected chi connectivity index (χ0v) is 19.8. The second-order valence-corrected chi connectivity index (χ2v) is 8.98. The van der Waals surface area contributed by atoms with E-state index in [2.05, 4.69) is 15.7 Å². The molecular weight excluding hydrogens is 430 g/mol. The lowest BCUT2D eigenvalue weighted by molar-refractivity contribution is -0.116. The maximum atomic E-state index is 13.2. The van der Waals surface area contributed by atoms with Gasteiger partial charge in [-0.2, -0.15) is 5.10 Å². The monoisotopic (exact) mass is 459 g/mol. The van der Waals surface area contributed by atoms with Gasteiger partial charge in [-0.15, -0.1) is 0 Å². The number of furan rings is 1. The standard InChI is InChI=1S/C26H29N5O3/c1-16(2)11-24(32)29-19-8-5-7-18(12-19)14-27-26(33)20-13-22(23-9-6-10-34-23)30-25-21(20)15-28-31(25)17(3)4/h5-10,12-13,15-17H,11,14H2,1-4H3,(H,27,33)(H,29,32). The summed E-state index contributed by atoms with van der Waals surface area (Å²) in [5.41, 5.74) is 3.26. The van der Waals surface area contributed by atoms with E-state index in [4.69, 9.17) is 9.40 Å². The number of hydrogen-bond acceptors (Lipinski definition) is 5. The first kappa shape index (κ1) is 23.2. The van der Waals surface area contributed by atoms with Crippen LogP contribution in [-0.4, -0.2) is 26.6 Å². The molecule has 8 nitrogen and oxygen atoms in total. The lowest BCUT2D eigenvalue weighted by Gasteiger charge is -2.11. The van der Waals surface area contributed by atoms with Crippen LogP contribution in [0.2, 0.25) is 0 Å².